The lowest BCUT2D eigenvalue weighted by atomic mass is 10.2. The first-order valence-corrected chi connectivity index (χ1v) is 5.80. The van der Waals surface area contributed by atoms with Crippen molar-refractivity contribution in [1.82, 2.24) is 9.88 Å². The van der Waals surface area contributed by atoms with Crippen molar-refractivity contribution in [2.45, 2.75) is 12.5 Å². The molecule has 0 aromatic carbocycles. The summed E-state index contributed by atoms with van der Waals surface area (Å²) in [5.41, 5.74) is 0.136. The second-order valence-electron chi connectivity index (χ2n) is 4.20. The van der Waals surface area contributed by atoms with Gasteiger partial charge in [-0.2, -0.15) is 0 Å². The van der Waals surface area contributed by atoms with Crippen molar-refractivity contribution in [3.8, 4) is 0 Å². The van der Waals surface area contributed by atoms with Crippen molar-refractivity contribution in [2.24, 2.45) is 0 Å². The molecule has 0 saturated carbocycles. The van der Waals surface area contributed by atoms with Crippen LogP contribution in [0.5, 0.6) is 0 Å². The fourth-order valence-corrected chi connectivity index (χ4v) is 1.89. The van der Waals surface area contributed by atoms with E-state index >= 15 is 0 Å². The minimum absolute atomic E-state index is 0.136. The van der Waals surface area contributed by atoms with E-state index in [-0.39, 0.29) is 31.2 Å². The van der Waals surface area contributed by atoms with Gasteiger partial charge in [-0.1, -0.05) is 0 Å². The molecule has 0 spiro atoms. The molecule has 0 aliphatic carbocycles. The normalized spacial score (nSPS) is 19.2. The van der Waals surface area contributed by atoms with Crippen molar-refractivity contribution in [1.29, 1.82) is 0 Å². The van der Waals surface area contributed by atoms with Crippen LogP contribution < -0.4 is 0 Å². The summed E-state index contributed by atoms with van der Waals surface area (Å²) in [5.74, 6) is -1.83. The number of rotatable bonds is 3. The van der Waals surface area contributed by atoms with Crippen LogP contribution in [0.1, 0.15) is 16.9 Å². The zero-order chi connectivity index (χ0) is 13.8. The van der Waals surface area contributed by atoms with Crippen molar-refractivity contribution >= 4 is 11.9 Å². The van der Waals surface area contributed by atoms with Gasteiger partial charge in [-0.25, -0.2) is 9.37 Å². The van der Waals surface area contributed by atoms with Gasteiger partial charge in [0.2, 0.25) is 0 Å². The summed E-state index contributed by atoms with van der Waals surface area (Å²) in [6.07, 6.45) is 0.305. The van der Waals surface area contributed by atoms with Gasteiger partial charge in [0.15, 0.2) is 0 Å². The molecule has 1 atom stereocenters. The molecule has 102 valence electrons. The Hall–Kier alpha value is -2.02. The van der Waals surface area contributed by atoms with E-state index in [1.54, 1.807) is 0 Å². The molecule has 19 heavy (non-hydrogen) atoms. The molecule has 2 heterocycles. The number of carbonyl (C=O) groups is 2. The largest absolute Gasteiger partial charge is 0.481 e. The number of carboxylic acids is 1. The third-order valence-electron chi connectivity index (χ3n) is 2.77. The van der Waals surface area contributed by atoms with Crippen LogP contribution in [0, 0.1) is 5.82 Å². The number of pyridine rings is 1. The van der Waals surface area contributed by atoms with Crippen LogP contribution in [-0.2, 0) is 9.53 Å². The monoisotopic (exact) mass is 268 g/mol. The fourth-order valence-electron chi connectivity index (χ4n) is 1.89. The SMILES string of the molecule is O=C(O)CC1CN(C(=O)c2ccc(F)cn2)CCO1. The smallest absolute Gasteiger partial charge is 0.306 e. The van der Waals surface area contributed by atoms with E-state index < -0.39 is 17.9 Å². The summed E-state index contributed by atoms with van der Waals surface area (Å²) in [5, 5.41) is 8.70. The fraction of sp³-hybridized carbons (Fsp3) is 0.417. The third-order valence-corrected chi connectivity index (χ3v) is 2.77. The summed E-state index contributed by atoms with van der Waals surface area (Å²) in [6, 6.07) is 2.47. The highest BCUT2D eigenvalue weighted by Crippen LogP contribution is 2.12. The topological polar surface area (TPSA) is 79.7 Å². The predicted molar refractivity (Wildman–Crippen MR) is 62.1 cm³/mol. The first-order chi connectivity index (χ1) is 9.06. The van der Waals surface area contributed by atoms with Crippen LogP contribution in [0.2, 0.25) is 0 Å². The number of carbonyl (C=O) groups excluding carboxylic acids is 1. The van der Waals surface area contributed by atoms with Gasteiger partial charge in [0.05, 0.1) is 25.3 Å². The summed E-state index contributed by atoms with van der Waals surface area (Å²) in [4.78, 5) is 27.9. The number of aliphatic carboxylic acids is 1. The number of hydrogen-bond acceptors (Lipinski definition) is 4. The van der Waals surface area contributed by atoms with E-state index in [1.807, 2.05) is 0 Å². The molecule has 1 aromatic heterocycles. The molecular formula is C12H13FN2O4. The molecule has 1 unspecified atom stereocenters. The summed E-state index contributed by atoms with van der Waals surface area (Å²) >= 11 is 0. The number of halogens is 1. The number of amides is 1. The van der Waals surface area contributed by atoms with E-state index in [0.29, 0.717) is 6.54 Å². The predicted octanol–water partition coefficient (Wildman–Crippen LogP) is 0.536. The van der Waals surface area contributed by atoms with E-state index in [4.69, 9.17) is 9.84 Å². The van der Waals surface area contributed by atoms with Crippen LogP contribution in [-0.4, -0.2) is 52.7 Å². The molecule has 1 aromatic rings. The molecule has 1 saturated heterocycles. The van der Waals surface area contributed by atoms with Crippen LogP contribution in [0.15, 0.2) is 18.3 Å². The molecule has 1 aliphatic heterocycles. The molecule has 1 amide bonds. The molecule has 2 rings (SSSR count). The minimum atomic E-state index is -0.973. The molecule has 6 nitrogen and oxygen atoms in total. The Balaban J connectivity index is 2.02. The first-order valence-electron chi connectivity index (χ1n) is 5.80. The van der Waals surface area contributed by atoms with Gasteiger partial charge in [-0.05, 0) is 12.1 Å². The van der Waals surface area contributed by atoms with Gasteiger partial charge < -0.3 is 14.7 Å². The molecule has 1 aliphatic rings. The maximum atomic E-state index is 12.7. The maximum absolute atomic E-state index is 12.7. The van der Waals surface area contributed by atoms with Crippen LogP contribution in [0.25, 0.3) is 0 Å². The van der Waals surface area contributed by atoms with Crippen LogP contribution >= 0.6 is 0 Å². The lowest BCUT2D eigenvalue weighted by molar-refractivity contribution is -0.141. The number of hydrogen-bond donors (Lipinski definition) is 1. The zero-order valence-electron chi connectivity index (χ0n) is 10.1. The zero-order valence-corrected chi connectivity index (χ0v) is 10.1. The van der Waals surface area contributed by atoms with Gasteiger partial charge in [-0.15, -0.1) is 0 Å². The maximum Gasteiger partial charge on any atom is 0.306 e. The highest BCUT2D eigenvalue weighted by molar-refractivity contribution is 5.92. The Bertz CT molecular complexity index is 477. The summed E-state index contributed by atoms with van der Waals surface area (Å²) in [6.45, 7) is 0.850. The average molecular weight is 268 g/mol. The Morgan fingerprint density at radius 3 is 2.95 bits per heavy atom. The lowest BCUT2D eigenvalue weighted by Gasteiger charge is -2.32. The summed E-state index contributed by atoms with van der Waals surface area (Å²) < 4.78 is 18.0. The Kier molecular flexibility index (Phi) is 4.06. The molecule has 7 heteroatoms. The standard InChI is InChI=1S/C12H13FN2O4/c13-8-1-2-10(14-6-8)12(18)15-3-4-19-9(7-15)5-11(16)17/h1-2,6,9H,3-5,7H2,(H,16,17). The van der Waals surface area contributed by atoms with Gasteiger partial charge in [-0.3, -0.25) is 9.59 Å². The van der Waals surface area contributed by atoms with Gasteiger partial charge in [0.25, 0.3) is 5.91 Å². The number of ether oxygens (including phenoxy) is 1. The number of nitrogens with zero attached hydrogens (tertiary/aromatic N) is 2. The highest BCUT2D eigenvalue weighted by atomic mass is 19.1. The number of carboxylic acid groups (broad SMARTS) is 1. The summed E-state index contributed by atoms with van der Waals surface area (Å²) in [7, 11) is 0. The Morgan fingerprint density at radius 1 is 1.53 bits per heavy atom. The Morgan fingerprint density at radius 2 is 2.32 bits per heavy atom. The van der Waals surface area contributed by atoms with Gasteiger partial charge in [0.1, 0.15) is 11.5 Å². The van der Waals surface area contributed by atoms with Crippen LogP contribution in [0.4, 0.5) is 4.39 Å². The van der Waals surface area contributed by atoms with Crippen LogP contribution in [0.3, 0.4) is 0 Å². The van der Waals surface area contributed by atoms with Gasteiger partial charge in [0, 0.05) is 13.1 Å². The second kappa shape index (κ2) is 5.75. The Labute approximate surface area is 108 Å². The van der Waals surface area contributed by atoms with E-state index in [0.717, 1.165) is 12.3 Å². The number of morpholine rings is 1. The van der Waals surface area contributed by atoms with Crippen molar-refractivity contribution in [3.05, 3.63) is 29.8 Å². The van der Waals surface area contributed by atoms with E-state index in [1.165, 1.54) is 11.0 Å². The molecule has 0 radical (unpaired) electrons. The molecule has 1 fully saturated rings. The number of aromatic nitrogens is 1. The minimum Gasteiger partial charge on any atom is -0.481 e. The second-order valence-corrected chi connectivity index (χ2v) is 4.20. The van der Waals surface area contributed by atoms with Crippen molar-refractivity contribution < 1.29 is 23.8 Å². The molecular weight excluding hydrogens is 255 g/mol. The first kappa shape index (κ1) is 13.4. The third kappa shape index (κ3) is 3.47. The quantitative estimate of drug-likeness (QED) is 0.865. The van der Waals surface area contributed by atoms with E-state index in [9.17, 15) is 14.0 Å². The average Bonchev–Trinajstić information content (AvgIpc) is 2.38. The van der Waals surface area contributed by atoms with Crippen molar-refractivity contribution in [2.75, 3.05) is 19.7 Å². The molecule has 0 bridgehead atoms. The molecule has 1 N–H and O–H groups in total. The van der Waals surface area contributed by atoms with Gasteiger partial charge >= 0.3 is 5.97 Å². The van der Waals surface area contributed by atoms with Crippen molar-refractivity contribution in [3.63, 3.8) is 0 Å². The van der Waals surface area contributed by atoms with E-state index in [2.05, 4.69) is 4.98 Å². The highest BCUT2D eigenvalue weighted by Gasteiger charge is 2.27. The lowest BCUT2D eigenvalue weighted by Crippen LogP contribution is -2.46.